The average Bonchev–Trinajstić information content (AvgIpc) is 2.34. The molecule has 0 saturated carbocycles. The van der Waals surface area contributed by atoms with Gasteiger partial charge in [-0.05, 0) is 25.7 Å². The van der Waals surface area contributed by atoms with Gasteiger partial charge in [0.25, 0.3) is 10.2 Å². The molecule has 1 aliphatic rings. The molecule has 0 aromatic rings. The fourth-order valence-electron chi connectivity index (χ4n) is 2.01. The topological polar surface area (TPSA) is 147 Å². The van der Waals surface area contributed by atoms with Crippen LogP contribution in [-0.4, -0.2) is 57.1 Å². The zero-order valence-electron chi connectivity index (χ0n) is 11.0. The Bertz CT molecular complexity index is 558. The van der Waals surface area contributed by atoms with Gasteiger partial charge >= 0.3 is 5.97 Å². The van der Waals surface area contributed by atoms with Crippen LogP contribution in [0.3, 0.4) is 0 Å². The molecule has 1 aliphatic heterocycles. The molecule has 2 atom stereocenters. The smallest absolute Gasteiger partial charge is 0.323 e. The van der Waals surface area contributed by atoms with E-state index in [-0.39, 0.29) is 25.6 Å². The first kappa shape index (κ1) is 17.3. The molecule has 0 amide bonds. The number of carbonyl (C=O) groups is 1. The Morgan fingerprint density at radius 1 is 1.45 bits per heavy atom. The first-order valence-corrected chi connectivity index (χ1v) is 9.08. The summed E-state index contributed by atoms with van der Waals surface area (Å²) in [4.78, 5) is 10.8. The summed E-state index contributed by atoms with van der Waals surface area (Å²) >= 11 is 0. The van der Waals surface area contributed by atoms with Crippen molar-refractivity contribution in [3.8, 4) is 0 Å². The van der Waals surface area contributed by atoms with E-state index in [1.807, 2.05) is 0 Å². The van der Waals surface area contributed by atoms with Gasteiger partial charge in [0.2, 0.25) is 10.0 Å². The molecule has 1 saturated heterocycles. The van der Waals surface area contributed by atoms with E-state index in [1.54, 1.807) is 0 Å². The molecule has 0 aromatic heterocycles. The lowest BCUT2D eigenvalue weighted by Crippen LogP contribution is -2.48. The second-order valence-electron chi connectivity index (χ2n) is 4.79. The molecule has 0 bridgehead atoms. The van der Waals surface area contributed by atoms with E-state index in [2.05, 4.69) is 4.72 Å². The van der Waals surface area contributed by atoms with E-state index < -0.39 is 31.5 Å². The number of carboxylic acids is 1. The van der Waals surface area contributed by atoms with Crippen molar-refractivity contribution in [2.24, 2.45) is 11.1 Å². The van der Waals surface area contributed by atoms with Gasteiger partial charge in [-0.25, -0.2) is 22.6 Å². The second kappa shape index (κ2) is 6.35. The highest BCUT2D eigenvalue weighted by Crippen LogP contribution is 2.21. The van der Waals surface area contributed by atoms with Crippen molar-refractivity contribution in [3.63, 3.8) is 0 Å². The van der Waals surface area contributed by atoms with E-state index >= 15 is 0 Å². The molecule has 2 unspecified atom stereocenters. The maximum atomic E-state index is 12.1. The number of nitrogens with zero attached hydrogens (tertiary/aromatic N) is 1. The monoisotopic (exact) mass is 329 g/mol. The number of sulfonamides is 1. The van der Waals surface area contributed by atoms with Gasteiger partial charge in [-0.2, -0.15) is 8.42 Å². The molecule has 118 valence electrons. The van der Waals surface area contributed by atoms with E-state index in [1.165, 1.54) is 0 Å². The molecule has 1 fully saturated rings. The number of aliphatic carboxylic acids is 1. The molecule has 1 rings (SSSR count). The molecule has 0 aliphatic carbocycles. The van der Waals surface area contributed by atoms with Crippen LogP contribution in [0.4, 0.5) is 0 Å². The minimum Gasteiger partial charge on any atom is -0.480 e. The van der Waals surface area contributed by atoms with Crippen molar-refractivity contribution >= 4 is 26.2 Å². The molecule has 9 nitrogen and oxygen atoms in total. The van der Waals surface area contributed by atoms with Crippen LogP contribution in [0.1, 0.15) is 19.8 Å². The number of nitrogens with one attached hydrogen (secondary N) is 1. The van der Waals surface area contributed by atoms with Crippen molar-refractivity contribution in [3.05, 3.63) is 0 Å². The van der Waals surface area contributed by atoms with Crippen molar-refractivity contribution in [1.29, 1.82) is 0 Å². The van der Waals surface area contributed by atoms with Crippen LogP contribution in [0.5, 0.6) is 0 Å². The Morgan fingerprint density at radius 2 is 2.05 bits per heavy atom. The third-order valence-electron chi connectivity index (χ3n) is 3.21. The summed E-state index contributed by atoms with van der Waals surface area (Å²) in [6, 6.07) is 0. The Hall–Kier alpha value is -0.750. The molecule has 0 radical (unpaired) electrons. The summed E-state index contributed by atoms with van der Waals surface area (Å²) in [6.45, 7) is 1.48. The number of piperidine rings is 1. The Balaban J connectivity index is 2.72. The van der Waals surface area contributed by atoms with Crippen LogP contribution in [0.25, 0.3) is 0 Å². The van der Waals surface area contributed by atoms with Crippen molar-refractivity contribution in [2.45, 2.75) is 25.0 Å². The molecule has 1 heterocycles. The first-order chi connectivity index (χ1) is 9.04. The third-order valence-corrected chi connectivity index (χ3v) is 5.93. The Labute approximate surface area is 118 Å². The largest absolute Gasteiger partial charge is 0.480 e. The van der Waals surface area contributed by atoms with Crippen molar-refractivity contribution < 1.29 is 26.7 Å². The summed E-state index contributed by atoms with van der Waals surface area (Å²) in [5.41, 5.74) is 0. The summed E-state index contributed by atoms with van der Waals surface area (Å²) in [5.74, 6) is -1.63. The van der Waals surface area contributed by atoms with Crippen LogP contribution >= 0.6 is 0 Å². The zero-order chi connectivity index (χ0) is 15.6. The SMILES string of the molecule is CC(C(=O)O)S(=O)(=O)N1CCCC(CNS(N)(=O)=O)C1. The number of hydrogen-bond donors (Lipinski definition) is 3. The number of hydrogen-bond acceptors (Lipinski definition) is 5. The van der Waals surface area contributed by atoms with Gasteiger partial charge in [0.15, 0.2) is 5.25 Å². The zero-order valence-corrected chi connectivity index (χ0v) is 12.7. The highest BCUT2D eigenvalue weighted by atomic mass is 32.2. The van der Waals surface area contributed by atoms with Crippen LogP contribution in [0, 0.1) is 5.92 Å². The number of carboxylic acid groups (broad SMARTS) is 1. The first-order valence-electron chi connectivity index (χ1n) is 6.03. The van der Waals surface area contributed by atoms with Gasteiger partial charge < -0.3 is 5.11 Å². The van der Waals surface area contributed by atoms with Gasteiger partial charge in [-0.1, -0.05) is 0 Å². The summed E-state index contributed by atoms with van der Waals surface area (Å²) in [5, 5.41) is 12.1. The van der Waals surface area contributed by atoms with E-state index in [9.17, 15) is 21.6 Å². The van der Waals surface area contributed by atoms with E-state index in [0.717, 1.165) is 11.2 Å². The molecular formula is C9H19N3O6S2. The van der Waals surface area contributed by atoms with E-state index in [0.29, 0.717) is 12.8 Å². The minimum atomic E-state index is -3.92. The fourth-order valence-corrected chi connectivity index (χ4v) is 3.98. The lowest BCUT2D eigenvalue weighted by Gasteiger charge is -2.32. The summed E-state index contributed by atoms with van der Waals surface area (Å²) in [6.07, 6.45) is 1.19. The lowest BCUT2D eigenvalue weighted by molar-refractivity contribution is -0.136. The van der Waals surface area contributed by atoms with Gasteiger partial charge in [0.05, 0.1) is 0 Å². The summed E-state index contributed by atoms with van der Waals surface area (Å²) < 4.78 is 49.0. The van der Waals surface area contributed by atoms with Crippen LogP contribution in [0.2, 0.25) is 0 Å². The molecular weight excluding hydrogens is 310 g/mol. The molecule has 11 heteroatoms. The van der Waals surface area contributed by atoms with E-state index in [4.69, 9.17) is 10.2 Å². The standard InChI is InChI=1S/C9H19N3O6S2/c1-7(9(13)14)19(15,16)12-4-2-3-8(6-12)5-11-20(10,17)18/h7-8,11H,2-6H2,1H3,(H,13,14)(H2,10,17,18). The van der Waals surface area contributed by atoms with Gasteiger partial charge in [0.1, 0.15) is 0 Å². The molecule has 4 N–H and O–H groups in total. The average molecular weight is 329 g/mol. The predicted molar refractivity (Wildman–Crippen MR) is 71.4 cm³/mol. The van der Waals surface area contributed by atoms with Crippen LogP contribution in [0.15, 0.2) is 0 Å². The maximum Gasteiger partial charge on any atom is 0.323 e. The number of nitrogens with two attached hydrogens (primary N) is 1. The van der Waals surface area contributed by atoms with Crippen LogP contribution < -0.4 is 9.86 Å². The minimum absolute atomic E-state index is 0.0340. The molecule has 0 spiro atoms. The molecule has 20 heavy (non-hydrogen) atoms. The third kappa shape index (κ3) is 4.66. The van der Waals surface area contributed by atoms with Gasteiger partial charge in [-0.15, -0.1) is 0 Å². The maximum absolute atomic E-state index is 12.1. The van der Waals surface area contributed by atoms with Crippen molar-refractivity contribution in [1.82, 2.24) is 9.03 Å². The van der Waals surface area contributed by atoms with Gasteiger partial charge in [0, 0.05) is 19.6 Å². The fraction of sp³-hybridized carbons (Fsp3) is 0.889. The summed E-state index contributed by atoms with van der Waals surface area (Å²) in [7, 11) is -7.74. The highest BCUT2D eigenvalue weighted by molar-refractivity contribution is 7.90. The normalized spacial score (nSPS) is 23.4. The number of rotatable bonds is 6. The van der Waals surface area contributed by atoms with Gasteiger partial charge in [-0.3, -0.25) is 4.79 Å². The lowest BCUT2D eigenvalue weighted by atomic mass is 10.0. The quantitative estimate of drug-likeness (QED) is 0.529. The second-order valence-corrected chi connectivity index (χ2v) is 8.42. The predicted octanol–water partition coefficient (Wildman–Crippen LogP) is -1.71. The van der Waals surface area contributed by atoms with Crippen LogP contribution in [-0.2, 0) is 25.0 Å². The molecule has 0 aromatic carbocycles. The Kier molecular flexibility index (Phi) is 5.49. The Morgan fingerprint density at radius 3 is 2.55 bits per heavy atom. The van der Waals surface area contributed by atoms with Crippen molar-refractivity contribution in [2.75, 3.05) is 19.6 Å². The highest BCUT2D eigenvalue weighted by Gasteiger charge is 2.36.